The number of hydrogen-bond donors (Lipinski definition) is 0. The third-order valence-electron chi connectivity index (χ3n) is 2.29. The Hall–Kier alpha value is -1.55. The lowest BCUT2D eigenvalue weighted by Gasteiger charge is -2.17. The summed E-state index contributed by atoms with van der Waals surface area (Å²) in [5, 5.41) is 0. The van der Waals surface area contributed by atoms with E-state index in [2.05, 4.69) is 0 Å². The first kappa shape index (κ1) is 13.5. The molecule has 0 fully saturated rings. The van der Waals surface area contributed by atoms with Gasteiger partial charge in [-0.15, -0.1) is 0 Å². The Morgan fingerprint density at radius 1 is 1.29 bits per heavy atom. The minimum absolute atomic E-state index is 0.0814. The normalized spacial score (nSPS) is 12.0. The molecule has 0 saturated heterocycles. The van der Waals surface area contributed by atoms with Gasteiger partial charge in [0.15, 0.2) is 5.78 Å². The predicted octanol–water partition coefficient (Wildman–Crippen LogP) is 2.31. The lowest BCUT2D eigenvalue weighted by atomic mass is 10.1. The van der Waals surface area contributed by atoms with Gasteiger partial charge < -0.3 is 14.2 Å². The first-order chi connectivity index (χ1) is 8.10. The molecule has 4 heteroatoms. The molecule has 1 atom stereocenters. The molecule has 0 bridgehead atoms. The Kier molecular flexibility index (Phi) is 4.97. The van der Waals surface area contributed by atoms with E-state index in [9.17, 15) is 4.79 Å². The number of rotatable bonds is 6. The quantitative estimate of drug-likeness (QED) is 0.713. The SMILES string of the molecule is COCC(C)Oc1cccc(OC)c1C(C)=O. The Balaban J connectivity index is 3.02. The third kappa shape index (κ3) is 3.46. The maximum atomic E-state index is 11.6. The van der Waals surface area contributed by atoms with E-state index in [4.69, 9.17) is 14.2 Å². The van der Waals surface area contributed by atoms with Crippen molar-refractivity contribution in [3.8, 4) is 11.5 Å². The summed E-state index contributed by atoms with van der Waals surface area (Å²) >= 11 is 0. The number of carbonyl (C=O) groups excluding carboxylic acids is 1. The molecule has 1 rings (SSSR count). The van der Waals surface area contributed by atoms with Gasteiger partial charge >= 0.3 is 0 Å². The van der Waals surface area contributed by atoms with Gasteiger partial charge in [-0.05, 0) is 26.0 Å². The van der Waals surface area contributed by atoms with Crippen LogP contribution in [0.25, 0.3) is 0 Å². The van der Waals surface area contributed by atoms with E-state index in [1.807, 2.05) is 6.92 Å². The second kappa shape index (κ2) is 6.25. The monoisotopic (exact) mass is 238 g/mol. The lowest BCUT2D eigenvalue weighted by Crippen LogP contribution is -2.19. The first-order valence-corrected chi connectivity index (χ1v) is 5.43. The highest BCUT2D eigenvalue weighted by Gasteiger charge is 2.16. The second-order valence-corrected chi connectivity index (χ2v) is 3.77. The fourth-order valence-corrected chi connectivity index (χ4v) is 1.61. The van der Waals surface area contributed by atoms with Crippen LogP contribution in [-0.4, -0.2) is 32.7 Å². The standard InChI is InChI=1S/C13H18O4/c1-9(8-15-3)17-12-7-5-6-11(16-4)13(12)10(2)14/h5-7,9H,8H2,1-4H3. The van der Waals surface area contributed by atoms with Crippen molar-refractivity contribution in [2.45, 2.75) is 20.0 Å². The average Bonchev–Trinajstić information content (AvgIpc) is 2.28. The number of carbonyl (C=O) groups is 1. The van der Waals surface area contributed by atoms with Crippen LogP contribution in [0.5, 0.6) is 11.5 Å². The van der Waals surface area contributed by atoms with Gasteiger partial charge in [-0.2, -0.15) is 0 Å². The van der Waals surface area contributed by atoms with Crippen LogP contribution in [-0.2, 0) is 4.74 Å². The van der Waals surface area contributed by atoms with Crippen LogP contribution in [0.15, 0.2) is 18.2 Å². The first-order valence-electron chi connectivity index (χ1n) is 5.43. The number of Topliss-reactive ketones (excluding diaryl/α,β-unsaturated/α-hetero) is 1. The van der Waals surface area contributed by atoms with Crippen LogP contribution in [0.1, 0.15) is 24.2 Å². The molecule has 17 heavy (non-hydrogen) atoms. The van der Waals surface area contributed by atoms with Gasteiger partial charge in [0.25, 0.3) is 0 Å². The maximum absolute atomic E-state index is 11.6. The molecule has 4 nitrogen and oxygen atoms in total. The van der Waals surface area contributed by atoms with Crippen molar-refractivity contribution >= 4 is 5.78 Å². The molecule has 0 aromatic heterocycles. The van der Waals surface area contributed by atoms with Crippen LogP contribution in [0.3, 0.4) is 0 Å². The Morgan fingerprint density at radius 3 is 2.47 bits per heavy atom. The minimum Gasteiger partial charge on any atom is -0.496 e. The van der Waals surface area contributed by atoms with E-state index in [-0.39, 0.29) is 11.9 Å². The minimum atomic E-state index is -0.120. The van der Waals surface area contributed by atoms with Crippen molar-refractivity contribution < 1.29 is 19.0 Å². The molecule has 1 aromatic rings. The molecule has 1 aromatic carbocycles. The highest BCUT2D eigenvalue weighted by molar-refractivity contribution is 5.99. The molecule has 0 N–H and O–H groups in total. The van der Waals surface area contributed by atoms with Crippen LogP contribution in [0.4, 0.5) is 0 Å². The summed E-state index contributed by atoms with van der Waals surface area (Å²) < 4.78 is 15.8. The zero-order valence-corrected chi connectivity index (χ0v) is 10.6. The number of ether oxygens (including phenoxy) is 3. The average molecular weight is 238 g/mol. The van der Waals surface area contributed by atoms with E-state index < -0.39 is 0 Å². The van der Waals surface area contributed by atoms with Gasteiger partial charge in [-0.1, -0.05) is 6.07 Å². The van der Waals surface area contributed by atoms with Gasteiger partial charge in [0, 0.05) is 7.11 Å². The largest absolute Gasteiger partial charge is 0.496 e. The van der Waals surface area contributed by atoms with Gasteiger partial charge in [0.05, 0.1) is 13.7 Å². The summed E-state index contributed by atoms with van der Waals surface area (Å²) in [4.78, 5) is 11.6. The summed E-state index contributed by atoms with van der Waals surface area (Å²) in [6, 6.07) is 5.29. The summed E-state index contributed by atoms with van der Waals surface area (Å²) in [5.41, 5.74) is 0.470. The molecule has 0 saturated carbocycles. The van der Waals surface area contributed by atoms with E-state index >= 15 is 0 Å². The Bertz CT molecular complexity index is 387. The number of methoxy groups -OCH3 is 2. The van der Waals surface area contributed by atoms with Crippen LogP contribution >= 0.6 is 0 Å². The molecule has 0 heterocycles. The summed E-state index contributed by atoms with van der Waals surface area (Å²) in [5.74, 6) is 0.975. The summed E-state index contributed by atoms with van der Waals surface area (Å²) in [6.45, 7) is 3.84. The predicted molar refractivity (Wildman–Crippen MR) is 65.0 cm³/mol. The molecule has 0 amide bonds. The lowest BCUT2D eigenvalue weighted by molar-refractivity contribution is 0.0886. The molecule has 94 valence electrons. The van der Waals surface area contributed by atoms with Gasteiger partial charge in [-0.3, -0.25) is 4.79 Å². The van der Waals surface area contributed by atoms with E-state index in [1.54, 1.807) is 25.3 Å². The van der Waals surface area contributed by atoms with Crippen molar-refractivity contribution in [3.63, 3.8) is 0 Å². The molecule has 0 radical (unpaired) electrons. The Labute approximate surface area is 101 Å². The molecule has 0 aliphatic carbocycles. The van der Waals surface area contributed by atoms with Crippen LogP contribution < -0.4 is 9.47 Å². The zero-order chi connectivity index (χ0) is 12.8. The van der Waals surface area contributed by atoms with Gasteiger partial charge in [-0.25, -0.2) is 0 Å². The maximum Gasteiger partial charge on any atom is 0.167 e. The molecular weight excluding hydrogens is 220 g/mol. The number of ketones is 1. The van der Waals surface area contributed by atoms with E-state index in [0.29, 0.717) is 23.7 Å². The third-order valence-corrected chi connectivity index (χ3v) is 2.29. The van der Waals surface area contributed by atoms with Crippen molar-refractivity contribution in [1.82, 2.24) is 0 Å². The highest BCUT2D eigenvalue weighted by Crippen LogP contribution is 2.29. The molecule has 0 spiro atoms. The van der Waals surface area contributed by atoms with Crippen molar-refractivity contribution in [1.29, 1.82) is 0 Å². The van der Waals surface area contributed by atoms with Gasteiger partial charge in [0.2, 0.25) is 0 Å². The number of hydrogen-bond acceptors (Lipinski definition) is 4. The topological polar surface area (TPSA) is 44.8 Å². The molecular formula is C13H18O4. The van der Waals surface area contributed by atoms with Crippen molar-refractivity contribution in [2.24, 2.45) is 0 Å². The van der Waals surface area contributed by atoms with Crippen molar-refractivity contribution in [2.75, 3.05) is 20.8 Å². The zero-order valence-electron chi connectivity index (χ0n) is 10.6. The smallest absolute Gasteiger partial charge is 0.167 e. The Morgan fingerprint density at radius 2 is 1.94 bits per heavy atom. The summed E-state index contributed by atoms with van der Waals surface area (Å²) in [6.07, 6.45) is -0.120. The second-order valence-electron chi connectivity index (χ2n) is 3.77. The van der Waals surface area contributed by atoms with Crippen LogP contribution in [0, 0.1) is 0 Å². The number of benzene rings is 1. The summed E-state index contributed by atoms with van der Waals surface area (Å²) in [7, 11) is 3.14. The fourth-order valence-electron chi connectivity index (χ4n) is 1.61. The van der Waals surface area contributed by atoms with E-state index in [0.717, 1.165) is 0 Å². The van der Waals surface area contributed by atoms with E-state index in [1.165, 1.54) is 14.0 Å². The van der Waals surface area contributed by atoms with Crippen LogP contribution in [0.2, 0.25) is 0 Å². The molecule has 1 unspecified atom stereocenters. The van der Waals surface area contributed by atoms with Gasteiger partial charge in [0.1, 0.15) is 23.2 Å². The van der Waals surface area contributed by atoms with Crippen molar-refractivity contribution in [3.05, 3.63) is 23.8 Å². The highest BCUT2D eigenvalue weighted by atomic mass is 16.5. The molecule has 0 aliphatic rings. The fraction of sp³-hybridized carbons (Fsp3) is 0.462. The molecule has 0 aliphatic heterocycles.